The average molecular weight is 793 g/mol. The molecule has 5 aliphatic rings. The number of sulfonamides is 1. The number of hydrogen-bond donors (Lipinski definition) is 1. The van der Waals surface area contributed by atoms with E-state index in [1.54, 1.807) is 24.2 Å². The largest absolute Gasteiger partial charge is 0.497 e. The third-order valence-corrected chi connectivity index (χ3v) is 14.6. The number of carbonyl (C=O) groups is 4. The number of hydrogen-bond acceptors (Lipinski definition) is 11. The molecule has 1 saturated heterocycles. The first-order chi connectivity index (χ1) is 26.6. The van der Waals surface area contributed by atoms with Crippen molar-refractivity contribution in [2.45, 2.75) is 128 Å². The van der Waals surface area contributed by atoms with Crippen LogP contribution >= 0.6 is 0 Å². The number of aryl methyl sites for hydroxylation is 1. The van der Waals surface area contributed by atoms with Crippen LogP contribution in [0.25, 0.3) is 11.0 Å². The molecule has 0 radical (unpaired) electrons. The van der Waals surface area contributed by atoms with E-state index >= 15 is 0 Å². The van der Waals surface area contributed by atoms with Crippen LogP contribution in [0.5, 0.6) is 11.6 Å². The number of ether oxygens (including phenoxy) is 3. The smallest absolute Gasteiger partial charge is 0.306 e. The number of ketones is 1. The predicted octanol–water partition coefficient (Wildman–Crippen LogP) is 5.48. The lowest BCUT2D eigenvalue weighted by atomic mass is 9.77. The van der Waals surface area contributed by atoms with Crippen LogP contribution in [0.4, 0.5) is 0 Å². The van der Waals surface area contributed by atoms with Gasteiger partial charge in [0.2, 0.25) is 27.7 Å². The number of allylic oxidation sites excluding steroid dienone is 1. The monoisotopic (exact) mass is 792 g/mol. The quantitative estimate of drug-likeness (QED) is 0.252. The molecule has 3 heterocycles. The van der Waals surface area contributed by atoms with E-state index in [1.807, 2.05) is 39.8 Å². The van der Waals surface area contributed by atoms with Gasteiger partial charge in [0.1, 0.15) is 23.7 Å². The Morgan fingerprint density at radius 2 is 1.84 bits per heavy atom. The SMILES string of the molecule is C=C[C@@H]1C[C@]1(CC(=O)[C@@H]1[C@H](CC)[C@@H]2CN1C(=O)[C@H](C(C)(C)C)CC(=O)O[C@@H]1C[C@H]1CCCCCc1nc3ccc(OC)cc3nc1O2)C(=O)NS(=O)(=O)C1CC1. The van der Waals surface area contributed by atoms with Crippen molar-refractivity contribution in [2.24, 2.45) is 34.5 Å². The number of fused-ring (bicyclic) bond motifs is 5. The lowest BCUT2D eigenvalue weighted by Gasteiger charge is -2.35. The van der Waals surface area contributed by atoms with Crippen LogP contribution in [0.3, 0.4) is 0 Å². The first-order valence-corrected chi connectivity index (χ1v) is 21.9. The number of nitrogens with one attached hydrogen (secondary N) is 1. The molecule has 4 fully saturated rings. The van der Waals surface area contributed by atoms with E-state index in [9.17, 15) is 27.6 Å². The maximum absolute atomic E-state index is 14.9. The minimum atomic E-state index is -3.87. The van der Waals surface area contributed by atoms with E-state index in [0.717, 1.165) is 32.1 Å². The molecule has 8 atom stereocenters. The number of methoxy groups -OCH3 is 1. The lowest BCUT2D eigenvalue weighted by Crippen LogP contribution is -2.50. The zero-order valence-corrected chi connectivity index (χ0v) is 34.1. The number of Topliss-reactive ketones (excluding diaryl/α,β-unsaturated/α-hetero) is 1. The molecule has 2 aliphatic heterocycles. The number of nitrogens with zero attached hydrogens (tertiary/aromatic N) is 3. The summed E-state index contributed by atoms with van der Waals surface area (Å²) in [6.07, 6.45) is 7.16. The van der Waals surface area contributed by atoms with Crippen molar-refractivity contribution in [1.29, 1.82) is 0 Å². The van der Waals surface area contributed by atoms with Gasteiger partial charge in [-0.3, -0.25) is 23.9 Å². The van der Waals surface area contributed by atoms with E-state index in [4.69, 9.17) is 24.2 Å². The molecule has 2 amide bonds. The molecule has 0 spiro atoms. The fourth-order valence-corrected chi connectivity index (χ4v) is 10.3. The Hall–Kier alpha value is -4.07. The second-order valence-corrected chi connectivity index (χ2v) is 19.7. The van der Waals surface area contributed by atoms with E-state index in [2.05, 4.69) is 11.3 Å². The Kier molecular flexibility index (Phi) is 11.0. The molecule has 13 nitrogen and oxygen atoms in total. The third kappa shape index (κ3) is 8.17. The van der Waals surface area contributed by atoms with Gasteiger partial charge in [0.15, 0.2) is 5.78 Å². The predicted molar refractivity (Wildman–Crippen MR) is 208 cm³/mol. The Bertz CT molecular complexity index is 2010. The van der Waals surface area contributed by atoms with Gasteiger partial charge >= 0.3 is 5.97 Å². The molecule has 1 N–H and O–H groups in total. The highest BCUT2D eigenvalue weighted by Gasteiger charge is 2.62. The molecule has 2 aromatic rings. The summed E-state index contributed by atoms with van der Waals surface area (Å²) in [6.45, 7) is 11.5. The summed E-state index contributed by atoms with van der Waals surface area (Å²) in [6, 6.07) is 4.49. The van der Waals surface area contributed by atoms with Gasteiger partial charge in [-0.2, -0.15) is 0 Å². The first kappa shape index (κ1) is 40.1. The van der Waals surface area contributed by atoms with Gasteiger partial charge in [-0.15, -0.1) is 6.58 Å². The third-order valence-electron chi connectivity index (χ3n) is 12.8. The van der Waals surface area contributed by atoms with Crippen LogP contribution in [0.2, 0.25) is 0 Å². The van der Waals surface area contributed by atoms with Gasteiger partial charge in [-0.25, -0.2) is 18.4 Å². The van der Waals surface area contributed by atoms with Crippen molar-refractivity contribution in [2.75, 3.05) is 13.7 Å². The first-order valence-electron chi connectivity index (χ1n) is 20.3. The van der Waals surface area contributed by atoms with Crippen LogP contribution in [0.15, 0.2) is 30.9 Å². The fraction of sp³-hybridized carbons (Fsp3) is 0.667. The normalized spacial score (nSPS) is 31.2. The summed E-state index contributed by atoms with van der Waals surface area (Å²) in [5, 5.41) is -0.611. The van der Waals surface area contributed by atoms with Gasteiger partial charge in [0.25, 0.3) is 0 Å². The van der Waals surface area contributed by atoms with Crippen LogP contribution in [0, 0.1) is 34.5 Å². The van der Waals surface area contributed by atoms with E-state index in [-0.39, 0.29) is 43.6 Å². The Morgan fingerprint density at radius 3 is 2.50 bits per heavy atom. The molecule has 1 aromatic carbocycles. The minimum absolute atomic E-state index is 0.0392. The van der Waals surface area contributed by atoms with E-state index in [1.165, 1.54) is 0 Å². The summed E-state index contributed by atoms with van der Waals surface area (Å²) in [5.41, 5.74) is -0.00362. The zero-order chi connectivity index (χ0) is 40.2. The molecule has 304 valence electrons. The summed E-state index contributed by atoms with van der Waals surface area (Å²) >= 11 is 0. The molecule has 3 saturated carbocycles. The highest BCUT2D eigenvalue weighted by molar-refractivity contribution is 7.90. The van der Waals surface area contributed by atoms with Gasteiger partial charge < -0.3 is 19.1 Å². The zero-order valence-electron chi connectivity index (χ0n) is 33.3. The molecule has 7 rings (SSSR count). The average Bonchev–Trinajstić information content (AvgIpc) is 4.07. The van der Waals surface area contributed by atoms with Crippen LogP contribution in [0.1, 0.15) is 104 Å². The van der Waals surface area contributed by atoms with Crippen molar-refractivity contribution >= 4 is 44.6 Å². The number of rotatable bonds is 9. The summed E-state index contributed by atoms with van der Waals surface area (Å²) in [7, 11) is -2.28. The van der Waals surface area contributed by atoms with Gasteiger partial charge in [0, 0.05) is 18.4 Å². The topological polar surface area (TPSA) is 171 Å². The fourth-order valence-electron chi connectivity index (χ4n) is 8.90. The maximum Gasteiger partial charge on any atom is 0.306 e. The van der Waals surface area contributed by atoms with Gasteiger partial charge in [0.05, 0.1) is 53.7 Å². The molecular weight excluding hydrogens is 737 g/mol. The van der Waals surface area contributed by atoms with E-state index in [0.29, 0.717) is 60.0 Å². The van der Waals surface area contributed by atoms with Crippen LogP contribution < -0.4 is 14.2 Å². The van der Waals surface area contributed by atoms with Crippen molar-refractivity contribution in [3.05, 3.63) is 36.5 Å². The van der Waals surface area contributed by atoms with Crippen molar-refractivity contribution < 1.29 is 41.8 Å². The number of aromatic nitrogens is 2. The molecule has 14 heteroatoms. The van der Waals surface area contributed by atoms with Gasteiger partial charge in [-0.05, 0) is 80.8 Å². The number of amides is 2. The van der Waals surface area contributed by atoms with Crippen molar-refractivity contribution in [3.8, 4) is 11.6 Å². The second-order valence-electron chi connectivity index (χ2n) is 17.8. The Morgan fingerprint density at radius 1 is 1.07 bits per heavy atom. The second kappa shape index (κ2) is 15.4. The minimum Gasteiger partial charge on any atom is -0.497 e. The summed E-state index contributed by atoms with van der Waals surface area (Å²) < 4.78 is 46.2. The highest BCUT2D eigenvalue weighted by atomic mass is 32.2. The number of benzene rings is 1. The number of esters is 1. The highest BCUT2D eigenvalue weighted by Crippen LogP contribution is 2.57. The number of carbonyl (C=O) groups excluding carboxylic acids is 4. The lowest BCUT2D eigenvalue weighted by molar-refractivity contribution is -0.154. The molecule has 3 aliphatic carbocycles. The molecule has 1 aromatic heterocycles. The van der Waals surface area contributed by atoms with Crippen molar-refractivity contribution in [3.63, 3.8) is 0 Å². The van der Waals surface area contributed by atoms with Crippen LogP contribution in [-0.2, 0) is 40.4 Å². The maximum atomic E-state index is 14.9. The molecule has 2 bridgehead atoms. The molecule has 56 heavy (non-hydrogen) atoms. The Labute approximate surface area is 329 Å². The van der Waals surface area contributed by atoms with E-state index < -0.39 is 67.9 Å². The molecule has 0 unspecified atom stereocenters. The Balaban J connectivity index is 1.26. The van der Waals surface area contributed by atoms with Crippen molar-refractivity contribution in [1.82, 2.24) is 19.6 Å². The summed E-state index contributed by atoms with van der Waals surface area (Å²) in [5.74, 6) is -2.36. The van der Waals surface area contributed by atoms with Crippen LogP contribution in [-0.4, -0.2) is 84.0 Å². The van der Waals surface area contributed by atoms with Gasteiger partial charge in [-0.1, -0.05) is 46.6 Å². The standard InChI is InChI=1S/C42H56N4O9S/c1-7-25-21-42(25,40(50)45-56(51,52)27-15-16-27)22-33(47)37-28(8-2)35-23-46(37)39(49)29(41(3,4)5)20-36(48)54-34-18-24(34)12-10-9-11-13-31-38(55-35)44-32-19-26(53-6)14-17-30(32)43-31/h7,14,17,19,24-25,27-29,34-35,37H,1,8-13,15-16,18,20-23H2,2-6H3,(H,45,50)/t24-,25-,28-,29-,34-,35+,37+,42-/m1/s1. The summed E-state index contributed by atoms with van der Waals surface area (Å²) in [4.78, 5) is 68.5. The molecular formula is C42H56N4O9S.